The first-order valence-corrected chi connectivity index (χ1v) is 12.0. The van der Waals surface area contributed by atoms with Gasteiger partial charge in [-0.1, -0.05) is 44.2 Å². The molecule has 4 rings (SSSR count). The van der Waals surface area contributed by atoms with Crippen molar-refractivity contribution in [1.82, 2.24) is 14.8 Å². The number of nitrogens with zero attached hydrogens (tertiary/aromatic N) is 3. The largest absolute Gasteiger partial charge is 0.441 e. The first-order valence-electron chi connectivity index (χ1n) is 11.1. The van der Waals surface area contributed by atoms with E-state index in [1.54, 1.807) is 17.5 Å². The molecule has 1 saturated heterocycles. The number of rotatable bonds is 8. The predicted molar refractivity (Wildman–Crippen MR) is 125 cm³/mol. The van der Waals surface area contributed by atoms with E-state index >= 15 is 0 Å². The Morgan fingerprint density at radius 1 is 1.13 bits per heavy atom. The molecule has 0 unspecified atom stereocenters. The highest BCUT2D eigenvalue weighted by Crippen LogP contribution is 2.22. The topological polar surface area (TPSA) is 49.6 Å². The molecule has 1 aliphatic heterocycles. The van der Waals surface area contributed by atoms with Crippen LogP contribution in [0.1, 0.15) is 36.6 Å². The Balaban J connectivity index is 1.23. The lowest BCUT2D eigenvalue weighted by molar-refractivity contribution is -0.133. The number of hydrogen-bond acceptors (Lipinski definition) is 5. The smallest absolute Gasteiger partial charge is 0.223 e. The lowest BCUT2D eigenvalue weighted by Gasteiger charge is -2.34. The minimum atomic E-state index is 0.188. The average Bonchev–Trinajstić information content (AvgIpc) is 3.45. The number of thiophene rings is 1. The highest BCUT2D eigenvalue weighted by Gasteiger charge is 2.21. The molecule has 31 heavy (non-hydrogen) atoms. The summed E-state index contributed by atoms with van der Waals surface area (Å²) in [4.78, 5) is 22.8. The van der Waals surface area contributed by atoms with E-state index in [2.05, 4.69) is 65.5 Å². The van der Waals surface area contributed by atoms with Gasteiger partial charge in [0.2, 0.25) is 5.91 Å². The number of piperazine rings is 1. The van der Waals surface area contributed by atoms with Crippen molar-refractivity contribution in [1.29, 1.82) is 0 Å². The van der Waals surface area contributed by atoms with Crippen molar-refractivity contribution in [2.45, 2.75) is 39.7 Å². The van der Waals surface area contributed by atoms with Gasteiger partial charge in [-0.25, -0.2) is 4.98 Å². The summed E-state index contributed by atoms with van der Waals surface area (Å²) < 4.78 is 5.92. The van der Waals surface area contributed by atoms with Crippen LogP contribution in [0.5, 0.6) is 0 Å². The zero-order valence-electron chi connectivity index (χ0n) is 18.4. The summed E-state index contributed by atoms with van der Waals surface area (Å²) in [5, 5.41) is 2.12. The molecule has 0 bridgehead atoms. The third-order valence-corrected chi connectivity index (χ3v) is 6.53. The molecule has 2 aromatic heterocycles. The van der Waals surface area contributed by atoms with E-state index in [0.29, 0.717) is 24.7 Å². The fourth-order valence-corrected chi connectivity index (χ4v) is 4.73. The van der Waals surface area contributed by atoms with Crippen molar-refractivity contribution in [3.8, 4) is 11.3 Å². The highest BCUT2D eigenvalue weighted by molar-refractivity contribution is 7.09. The van der Waals surface area contributed by atoms with Crippen LogP contribution in [0.3, 0.4) is 0 Å². The number of oxazole rings is 1. The highest BCUT2D eigenvalue weighted by atomic mass is 32.1. The molecule has 6 heteroatoms. The van der Waals surface area contributed by atoms with Crippen LogP contribution in [0.2, 0.25) is 0 Å². The maximum absolute atomic E-state index is 12.6. The van der Waals surface area contributed by atoms with Crippen LogP contribution >= 0.6 is 11.3 Å². The Hall–Kier alpha value is -2.44. The third-order valence-electron chi connectivity index (χ3n) is 5.67. The molecular formula is C25H31N3O2S. The first-order chi connectivity index (χ1) is 15.1. The minimum absolute atomic E-state index is 0.188. The van der Waals surface area contributed by atoms with Crippen LogP contribution in [0.15, 0.2) is 52.4 Å². The summed E-state index contributed by atoms with van der Waals surface area (Å²) in [7, 11) is 0. The Labute approximate surface area is 188 Å². The van der Waals surface area contributed by atoms with Gasteiger partial charge >= 0.3 is 0 Å². The van der Waals surface area contributed by atoms with Gasteiger partial charge in [-0.2, -0.15) is 0 Å². The molecule has 0 N–H and O–H groups in total. The fourth-order valence-electron chi connectivity index (χ4n) is 3.99. The van der Waals surface area contributed by atoms with Crippen molar-refractivity contribution in [2.24, 2.45) is 5.92 Å². The molecule has 5 nitrogen and oxygen atoms in total. The summed E-state index contributed by atoms with van der Waals surface area (Å²) in [6.07, 6.45) is 3.82. The molecule has 164 valence electrons. The maximum atomic E-state index is 12.6. The van der Waals surface area contributed by atoms with E-state index in [9.17, 15) is 4.79 Å². The molecule has 0 aliphatic carbocycles. The number of amides is 1. The second kappa shape index (κ2) is 10.2. The fraction of sp³-hybridized carbons (Fsp3) is 0.440. The summed E-state index contributed by atoms with van der Waals surface area (Å²) >= 11 is 1.79. The first kappa shape index (κ1) is 21.8. The number of carbonyl (C=O) groups is 1. The molecule has 1 aliphatic rings. The number of aromatic nitrogens is 1. The Morgan fingerprint density at radius 2 is 1.90 bits per heavy atom. The molecule has 0 atom stereocenters. The van der Waals surface area contributed by atoms with Gasteiger partial charge in [0.15, 0.2) is 11.7 Å². The zero-order chi connectivity index (χ0) is 21.6. The van der Waals surface area contributed by atoms with Gasteiger partial charge < -0.3 is 9.32 Å². The Morgan fingerprint density at radius 3 is 2.58 bits per heavy atom. The lowest BCUT2D eigenvalue weighted by Crippen LogP contribution is -2.48. The van der Waals surface area contributed by atoms with Crippen molar-refractivity contribution in [3.05, 3.63) is 64.3 Å². The van der Waals surface area contributed by atoms with E-state index in [-0.39, 0.29) is 5.91 Å². The number of carbonyl (C=O) groups excluding carboxylic acids is 1. The summed E-state index contributed by atoms with van der Waals surface area (Å²) in [6.45, 7) is 8.88. The van der Waals surface area contributed by atoms with Gasteiger partial charge in [0.25, 0.3) is 0 Å². The Bertz CT molecular complexity index is 955. The van der Waals surface area contributed by atoms with Gasteiger partial charge in [0.05, 0.1) is 6.20 Å². The Kier molecular flexibility index (Phi) is 7.20. The molecule has 3 aromatic rings. The second-order valence-corrected chi connectivity index (χ2v) is 9.68. The van der Waals surface area contributed by atoms with E-state index in [0.717, 1.165) is 50.5 Å². The van der Waals surface area contributed by atoms with Crippen molar-refractivity contribution in [3.63, 3.8) is 0 Å². The molecule has 0 spiro atoms. The van der Waals surface area contributed by atoms with Gasteiger partial charge in [-0.05, 0) is 29.3 Å². The number of hydrogen-bond donors (Lipinski definition) is 0. The average molecular weight is 438 g/mol. The molecule has 1 amide bonds. The maximum Gasteiger partial charge on any atom is 0.223 e. The lowest BCUT2D eigenvalue weighted by atomic mass is 10.0. The number of benzene rings is 1. The molecule has 3 heterocycles. The third kappa shape index (κ3) is 6.05. The standard InChI is InChI=1S/C25H31N3O2S/c1-19(2)16-20-5-7-21(8-6-20)23-17-26-24(30-23)9-10-25(29)28-13-11-27(12-14-28)18-22-4-3-15-31-22/h3-8,15,17,19H,9-14,16,18H2,1-2H3. The summed E-state index contributed by atoms with van der Waals surface area (Å²) in [6, 6.07) is 12.7. The van der Waals surface area contributed by atoms with Crippen LogP contribution < -0.4 is 0 Å². The van der Waals surface area contributed by atoms with Gasteiger partial charge in [-0.15, -0.1) is 11.3 Å². The molecule has 0 radical (unpaired) electrons. The van der Waals surface area contributed by atoms with E-state index in [1.807, 2.05) is 4.90 Å². The predicted octanol–water partition coefficient (Wildman–Crippen LogP) is 4.88. The normalized spacial score (nSPS) is 15.0. The van der Waals surface area contributed by atoms with Gasteiger partial charge in [0, 0.05) is 56.0 Å². The zero-order valence-corrected chi connectivity index (χ0v) is 19.2. The molecule has 1 aromatic carbocycles. The van der Waals surface area contributed by atoms with E-state index in [4.69, 9.17) is 4.42 Å². The SMILES string of the molecule is CC(C)Cc1ccc(-c2cnc(CCC(=O)N3CCN(Cc4cccs4)CC3)o2)cc1. The monoisotopic (exact) mass is 437 g/mol. The van der Waals surface area contributed by atoms with Crippen LogP contribution in [0.4, 0.5) is 0 Å². The summed E-state index contributed by atoms with van der Waals surface area (Å²) in [5.74, 6) is 2.23. The molecule has 0 saturated carbocycles. The van der Waals surface area contributed by atoms with Crippen LogP contribution in [-0.2, 0) is 24.2 Å². The summed E-state index contributed by atoms with van der Waals surface area (Å²) in [5.41, 5.74) is 2.36. The van der Waals surface area contributed by atoms with Crippen molar-refractivity contribution in [2.75, 3.05) is 26.2 Å². The molecule has 1 fully saturated rings. The van der Waals surface area contributed by atoms with E-state index < -0.39 is 0 Å². The van der Waals surface area contributed by atoms with E-state index in [1.165, 1.54) is 10.4 Å². The quantitative estimate of drug-likeness (QED) is 0.504. The van der Waals surface area contributed by atoms with Crippen LogP contribution in [0.25, 0.3) is 11.3 Å². The van der Waals surface area contributed by atoms with Gasteiger partial charge in [0.1, 0.15) is 0 Å². The van der Waals surface area contributed by atoms with Crippen molar-refractivity contribution >= 4 is 17.2 Å². The minimum Gasteiger partial charge on any atom is -0.441 e. The second-order valence-electron chi connectivity index (χ2n) is 8.65. The molecular weight excluding hydrogens is 406 g/mol. The van der Waals surface area contributed by atoms with Crippen molar-refractivity contribution < 1.29 is 9.21 Å². The van der Waals surface area contributed by atoms with Gasteiger partial charge in [-0.3, -0.25) is 9.69 Å². The van der Waals surface area contributed by atoms with Crippen LogP contribution in [0, 0.1) is 5.92 Å². The number of aryl methyl sites for hydroxylation is 1. The van der Waals surface area contributed by atoms with Crippen LogP contribution in [-0.4, -0.2) is 46.9 Å².